The van der Waals surface area contributed by atoms with Crippen LogP contribution in [0.5, 0.6) is 5.75 Å². The molecule has 358 valence electrons. The molecule has 0 aliphatic heterocycles. The molecule has 0 saturated heterocycles. The number of fused-ring (bicyclic) bond motifs is 7. The molecule has 0 bridgehead atoms. The first kappa shape index (κ1) is 48.0. The molecule has 0 radical (unpaired) electrons. The fourth-order valence-corrected chi connectivity index (χ4v) is 13.8. The normalized spacial score (nSPS) is 31.6. The van der Waals surface area contributed by atoms with Gasteiger partial charge in [-0.25, -0.2) is 9.59 Å². The lowest BCUT2D eigenvalue weighted by atomic mass is 9.33. The van der Waals surface area contributed by atoms with E-state index in [0.717, 1.165) is 68.9 Å². The largest absolute Gasteiger partial charge is 0.492 e. The van der Waals surface area contributed by atoms with Crippen molar-refractivity contribution < 1.29 is 48.0 Å². The van der Waals surface area contributed by atoms with Gasteiger partial charge in [-0.15, -0.1) is 10.1 Å². The van der Waals surface area contributed by atoms with E-state index in [-0.39, 0.29) is 95.3 Å². The highest BCUT2D eigenvalue weighted by Crippen LogP contribution is 2.75. The number of benzene rings is 3. The minimum atomic E-state index is -0.911. The van der Waals surface area contributed by atoms with Crippen LogP contribution in [-0.2, 0) is 41.7 Å². The van der Waals surface area contributed by atoms with Crippen molar-refractivity contribution >= 4 is 23.7 Å². The minimum absolute atomic E-state index is 0.0154. The van der Waals surface area contributed by atoms with E-state index in [4.69, 9.17) is 18.9 Å². The summed E-state index contributed by atoms with van der Waals surface area (Å²) >= 11 is 0. The molecule has 5 aliphatic carbocycles. The third-order valence-electron chi connectivity index (χ3n) is 17.8. The van der Waals surface area contributed by atoms with Crippen LogP contribution >= 0.6 is 0 Å². The van der Waals surface area contributed by atoms with E-state index in [1.165, 1.54) is 5.57 Å². The summed E-state index contributed by atoms with van der Waals surface area (Å²) in [6, 6.07) is 23.4. The molecule has 5 aliphatic rings. The predicted molar refractivity (Wildman–Crippen MR) is 250 cm³/mol. The van der Waals surface area contributed by atoms with E-state index in [9.17, 15) is 29.3 Å². The number of hydrogen-bond donors (Lipinski definition) is 0. The number of nitrogens with zero attached hydrogens (tertiary/aromatic N) is 1. The van der Waals surface area contributed by atoms with Gasteiger partial charge in [0.2, 0.25) is 0 Å². The molecule has 0 unspecified atom stereocenters. The van der Waals surface area contributed by atoms with Crippen LogP contribution in [0, 0.1) is 60.4 Å². The molecular weight excluding hydrogens is 851 g/mol. The summed E-state index contributed by atoms with van der Waals surface area (Å²) in [4.78, 5) is 70.6. The van der Waals surface area contributed by atoms with E-state index < -0.39 is 27.9 Å². The number of Topliss-reactive ketones (excluding diaryl/α,β-unsaturated/α-hetero) is 1. The Balaban J connectivity index is 0.947. The molecule has 67 heavy (non-hydrogen) atoms. The predicted octanol–water partition coefficient (Wildman–Crippen LogP) is 10.9. The van der Waals surface area contributed by atoms with Crippen LogP contribution in [0.25, 0.3) is 0 Å². The van der Waals surface area contributed by atoms with Crippen LogP contribution < -0.4 is 4.74 Å². The fraction of sp³-hybridized carbons (Fsp3) is 0.564. The number of hydrogen-bond acceptors (Lipinski definition) is 11. The maximum atomic E-state index is 14.5. The number of carbonyl (C=O) groups is 4. The van der Waals surface area contributed by atoms with E-state index in [2.05, 4.69) is 45.5 Å². The smallest absolute Gasteiger partial charge is 0.339 e. The van der Waals surface area contributed by atoms with Crippen LogP contribution in [0.2, 0.25) is 0 Å². The first-order chi connectivity index (χ1) is 31.9. The maximum absolute atomic E-state index is 14.5. The van der Waals surface area contributed by atoms with Gasteiger partial charge in [0.05, 0.1) is 28.6 Å². The molecule has 3 aromatic rings. The van der Waals surface area contributed by atoms with Crippen molar-refractivity contribution in [1.29, 1.82) is 0 Å². The Labute approximate surface area is 394 Å². The van der Waals surface area contributed by atoms with Crippen molar-refractivity contribution in [2.45, 2.75) is 119 Å². The van der Waals surface area contributed by atoms with Crippen molar-refractivity contribution in [2.75, 3.05) is 26.4 Å². The molecule has 12 heteroatoms. The summed E-state index contributed by atoms with van der Waals surface area (Å²) < 4.78 is 23.4. The van der Waals surface area contributed by atoms with Gasteiger partial charge in [0.1, 0.15) is 38.0 Å². The highest BCUT2D eigenvalue weighted by atomic mass is 17.0. The first-order valence-corrected chi connectivity index (χ1v) is 24.2. The minimum Gasteiger partial charge on any atom is -0.492 e. The Hall–Kier alpha value is -5.52. The molecule has 4 fully saturated rings. The fourth-order valence-electron chi connectivity index (χ4n) is 13.8. The van der Waals surface area contributed by atoms with Crippen LogP contribution in [0.1, 0.15) is 138 Å². The van der Waals surface area contributed by atoms with Crippen LogP contribution in [0.3, 0.4) is 0 Å². The van der Waals surface area contributed by atoms with Gasteiger partial charge < -0.3 is 23.8 Å². The van der Waals surface area contributed by atoms with Crippen LogP contribution in [0.15, 0.2) is 90.5 Å². The van der Waals surface area contributed by atoms with Gasteiger partial charge in [-0.2, -0.15) is 0 Å². The lowest BCUT2D eigenvalue weighted by molar-refractivity contribution is -0.757. The summed E-state index contributed by atoms with van der Waals surface area (Å²) in [6.45, 7) is 14.1. The van der Waals surface area contributed by atoms with Gasteiger partial charge in [0, 0.05) is 12.8 Å². The number of carbonyl (C=O) groups excluding carboxylic acids is 4. The molecule has 3 aromatic carbocycles. The average molecular weight is 918 g/mol. The summed E-state index contributed by atoms with van der Waals surface area (Å²) in [5.41, 5.74) is 1.74. The zero-order chi connectivity index (χ0) is 47.8. The number of esters is 3. The number of ketones is 1. The van der Waals surface area contributed by atoms with Gasteiger partial charge in [-0.1, -0.05) is 101 Å². The Morgan fingerprint density at radius 3 is 2.09 bits per heavy atom. The van der Waals surface area contributed by atoms with E-state index in [1.54, 1.807) is 48.5 Å². The zero-order valence-electron chi connectivity index (χ0n) is 40.1. The number of ether oxygens (including phenoxy) is 4. The molecule has 0 amide bonds. The summed E-state index contributed by atoms with van der Waals surface area (Å²) in [5.74, 6) is -0.366. The first-order valence-electron chi connectivity index (χ1n) is 24.2. The molecule has 0 spiro atoms. The van der Waals surface area contributed by atoms with Crippen molar-refractivity contribution in [3.05, 3.63) is 123 Å². The van der Waals surface area contributed by atoms with E-state index >= 15 is 0 Å². The van der Waals surface area contributed by atoms with Crippen LogP contribution in [0.4, 0.5) is 0 Å². The lowest BCUT2D eigenvalue weighted by Crippen LogP contribution is -2.65. The van der Waals surface area contributed by atoms with Gasteiger partial charge in [0.15, 0.2) is 0 Å². The molecular formula is C55H67NO11. The highest BCUT2D eigenvalue weighted by molar-refractivity contribution is 6.03. The number of rotatable bonds is 15. The second kappa shape index (κ2) is 18.5. The van der Waals surface area contributed by atoms with Crippen molar-refractivity contribution in [2.24, 2.45) is 50.2 Å². The zero-order valence-corrected chi connectivity index (χ0v) is 40.1. The Morgan fingerprint density at radius 2 is 1.39 bits per heavy atom. The quantitative estimate of drug-likeness (QED) is 0.0357. The third-order valence-corrected chi connectivity index (χ3v) is 17.8. The second-order valence-corrected chi connectivity index (χ2v) is 21.8. The third kappa shape index (κ3) is 8.90. The van der Waals surface area contributed by atoms with E-state index in [0.29, 0.717) is 18.6 Å². The summed E-state index contributed by atoms with van der Waals surface area (Å²) in [7, 11) is 0. The highest BCUT2D eigenvalue weighted by Gasteiger charge is 2.70. The molecule has 0 heterocycles. The van der Waals surface area contributed by atoms with Gasteiger partial charge in [-0.05, 0) is 140 Å². The second-order valence-electron chi connectivity index (χ2n) is 21.8. The lowest BCUT2D eigenvalue weighted by Gasteiger charge is -2.70. The Bertz CT molecular complexity index is 2400. The average Bonchev–Trinajstić information content (AvgIpc) is 3.31. The van der Waals surface area contributed by atoms with E-state index in [1.807, 2.05) is 37.3 Å². The maximum Gasteiger partial charge on any atom is 0.339 e. The molecule has 12 nitrogen and oxygen atoms in total. The number of allylic oxidation sites excluding steroid dienone is 2. The molecule has 0 N–H and O–H groups in total. The van der Waals surface area contributed by atoms with Gasteiger partial charge in [-0.3, -0.25) is 9.59 Å². The summed E-state index contributed by atoms with van der Waals surface area (Å²) in [6.07, 6.45) is 11.2. The van der Waals surface area contributed by atoms with Crippen molar-refractivity contribution in [3.8, 4) is 5.75 Å². The molecule has 8 rings (SSSR count). The summed E-state index contributed by atoms with van der Waals surface area (Å²) in [5, 5.41) is 9.46. The van der Waals surface area contributed by atoms with Crippen molar-refractivity contribution in [1.82, 2.24) is 0 Å². The van der Waals surface area contributed by atoms with Crippen molar-refractivity contribution in [3.63, 3.8) is 0 Å². The topological polar surface area (TPSA) is 158 Å². The monoisotopic (exact) mass is 917 g/mol. The van der Waals surface area contributed by atoms with Crippen LogP contribution in [-0.4, -0.2) is 55.2 Å². The SMILES string of the molecule is CC1(C)CC[C@]2(C(=O)OCc3ccccc3)CC[C@]3(C)C(=CC[C@@H]4[C@@]5(C)CCC(=O)[C@@](C)(COC(=O)c6ccccc6C(=O)OCCc6ccc(OCCO[N+](=O)[O-])cc6)[C@@H]5CC[C@]43C)[C@@H]2C1. The molecule has 8 atom stereocenters. The molecule has 4 saturated carbocycles. The standard InChI is InChI=1S/C55H67NO11/c1-50(2)27-29-55(49(60)65-35-38-12-8-7-9-13-38)30-28-53(5)42(43(55)34-50)20-21-45-51(3)25-23-46(57)52(4,44(51)22-26-54(45,53)6)36-66-48(59)41-15-11-10-14-40(41)47(58)64-31-24-37-16-18-39(19-17-37)63-32-33-67-56(61)62/h7-20,43-45H,21-36H2,1-6H3/t43-,44+,45+,51-,52-,53+,54+,55-/m0/s1. The molecule has 0 aromatic heterocycles. The van der Waals surface area contributed by atoms with Gasteiger partial charge in [0.25, 0.3) is 5.09 Å². The Kier molecular flexibility index (Phi) is 13.3. The Morgan fingerprint density at radius 1 is 0.716 bits per heavy atom. The van der Waals surface area contributed by atoms with Gasteiger partial charge >= 0.3 is 17.9 Å².